The molecule has 0 spiro atoms. The monoisotopic (exact) mass is 369 g/mol. The second-order valence-corrected chi connectivity index (χ2v) is 7.47. The van der Waals surface area contributed by atoms with Crippen molar-refractivity contribution in [2.24, 2.45) is 0 Å². The van der Waals surface area contributed by atoms with E-state index in [2.05, 4.69) is 15.0 Å². The van der Waals surface area contributed by atoms with E-state index in [1.807, 2.05) is 32.0 Å². The minimum atomic E-state index is -1.07. The Bertz CT molecular complexity index is 981. The van der Waals surface area contributed by atoms with Gasteiger partial charge in [0.25, 0.3) is 0 Å². The van der Waals surface area contributed by atoms with Gasteiger partial charge in [-0.1, -0.05) is 12.1 Å². The predicted octanol–water partition coefficient (Wildman–Crippen LogP) is 4.37. The molecule has 0 saturated heterocycles. The van der Waals surface area contributed by atoms with Gasteiger partial charge in [-0.3, -0.25) is 9.97 Å². The van der Waals surface area contributed by atoms with Gasteiger partial charge in [-0.2, -0.15) is 13.8 Å². The van der Waals surface area contributed by atoms with Crippen molar-refractivity contribution < 1.29 is 13.9 Å². The molecule has 0 aliphatic heterocycles. The lowest BCUT2D eigenvalue weighted by Gasteiger charge is -2.26. The molecular weight excluding hydrogens is 348 g/mol. The highest BCUT2D eigenvalue weighted by Crippen LogP contribution is 2.32. The molecule has 0 amide bonds. The lowest BCUT2D eigenvalue weighted by Crippen LogP contribution is -2.25. The first-order valence-electron chi connectivity index (χ1n) is 8.59. The van der Waals surface area contributed by atoms with Gasteiger partial charge in [0.15, 0.2) is 0 Å². The van der Waals surface area contributed by atoms with Crippen molar-refractivity contribution >= 4 is 0 Å². The smallest absolute Gasteiger partial charge is 0.224 e. The number of halogens is 2. The Morgan fingerprint density at radius 3 is 1.96 bits per heavy atom. The lowest BCUT2D eigenvalue weighted by atomic mass is 9.84. The molecule has 1 N–H and O–H groups in total. The highest BCUT2D eigenvalue weighted by atomic mass is 19.1. The molecule has 3 heterocycles. The van der Waals surface area contributed by atoms with E-state index in [0.717, 1.165) is 11.8 Å². The third-order valence-electron chi connectivity index (χ3n) is 4.50. The Hall–Kier alpha value is -2.73. The molecule has 0 aliphatic carbocycles. The van der Waals surface area contributed by atoms with Gasteiger partial charge in [0.05, 0.1) is 28.3 Å². The summed E-state index contributed by atoms with van der Waals surface area (Å²) < 4.78 is 27.1. The lowest BCUT2D eigenvalue weighted by molar-refractivity contribution is 0.0734. The normalized spacial score (nSPS) is 12.3. The molecule has 0 aliphatic rings. The van der Waals surface area contributed by atoms with E-state index in [4.69, 9.17) is 0 Å². The molecule has 0 unspecified atom stereocenters. The molecule has 0 radical (unpaired) electrons. The van der Waals surface area contributed by atoms with Gasteiger partial charge in [-0.05, 0) is 64.1 Å². The summed E-state index contributed by atoms with van der Waals surface area (Å²) in [5, 5.41) is 10.2. The fraction of sp³-hybridized carbons (Fsp3) is 0.286. The Morgan fingerprint density at radius 2 is 1.33 bits per heavy atom. The summed E-state index contributed by atoms with van der Waals surface area (Å²) in [5.41, 5.74) is 0.786. The zero-order valence-electron chi connectivity index (χ0n) is 15.7. The average molecular weight is 369 g/mol. The number of aliphatic hydroxyl groups is 1. The molecular formula is C21H21F2N3O. The number of hydrogen-bond donors (Lipinski definition) is 1. The van der Waals surface area contributed by atoms with Gasteiger partial charge in [0.1, 0.15) is 5.60 Å². The first-order chi connectivity index (χ1) is 12.6. The second-order valence-electron chi connectivity index (χ2n) is 7.47. The summed E-state index contributed by atoms with van der Waals surface area (Å²) in [4.78, 5) is 12.4. The minimum Gasteiger partial charge on any atom is -0.384 e. The topological polar surface area (TPSA) is 58.9 Å². The van der Waals surface area contributed by atoms with Gasteiger partial charge < -0.3 is 5.11 Å². The van der Waals surface area contributed by atoms with Crippen molar-refractivity contribution in [3.05, 3.63) is 77.5 Å². The molecule has 27 heavy (non-hydrogen) atoms. The van der Waals surface area contributed by atoms with Gasteiger partial charge in [0, 0.05) is 5.41 Å². The van der Waals surface area contributed by atoms with Crippen molar-refractivity contribution in [3.8, 4) is 11.3 Å². The van der Waals surface area contributed by atoms with E-state index in [0.29, 0.717) is 17.1 Å². The highest BCUT2D eigenvalue weighted by Gasteiger charge is 2.29. The Balaban J connectivity index is 2.06. The Kier molecular flexibility index (Phi) is 4.78. The minimum absolute atomic E-state index is 0.132. The van der Waals surface area contributed by atoms with Gasteiger partial charge in [0.2, 0.25) is 11.9 Å². The maximum atomic E-state index is 14.0. The molecule has 3 rings (SSSR count). The number of pyridine rings is 3. The summed E-state index contributed by atoms with van der Waals surface area (Å²) >= 11 is 0. The highest BCUT2D eigenvalue weighted by molar-refractivity contribution is 5.59. The predicted molar refractivity (Wildman–Crippen MR) is 99.0 cm³/mol. The van der Waals surface area contributed by atoms with Gasteiger partial charge >= 0.3 is 0 Å². The third-order valence-corrected chi connectivity index (χ3v) is 4.50. The van der Waals surface area contributed by atoms with Crippen LogP contribution in [-0.4, -0.2) is 20.1 Å². The van der Waals surface area contributed by atoms with E-state index in [1.54, 1.807) is 32.0 Å². The number of nitrogens with zero attached hydrogens (tertiary/aromatic N) is 3. The Labute approximate surface area is 157 Å². The van der Waals surface area contributed by atoms with Gasteiger partial charge in [-0.25, -0.2) is 0 Å². The molecule has 0 aromatic carbocycles. The SMILES string of the molecule is CC(C)(O)c1cccc(C(C)(C)c2cccc(-c3ccc(F)nc3F)n2)n1. The summed E-state index contributed by atoms with van der Waals surface area (Å²) in [6.45, 7) is 7.26. The van der Waals surface area contributed by atoms with Crippen LogP contribution in [0.1, 0.15) is 44.8 Å². The molecule has 4 nitrogen and oxygen atoms in total. The van der Waals surface area contributed by atoms with Crippen molar-refractivity contribution in [2.45, 2.75) is 38.7 Å². The second kappa shape index (κ2) is 6.78. The van der Waals surface area contributed by atoms with Crippen LogP contribution in [0.4, 0.5) is 8.78 Å². The quantitative estimate of drug-likeness (QED) is 0.694. The van der Waals surface area contributed by atoms with E-state index in [-0.39, 0.29) is 5.56 Å². The molecule has 6 heteroatoms. The van der Waals surface area contributed by atoms with Crippen LogP contribution < -0.4 is 0 Å². The molecule has 3 aromatic heterocycles. The fourth-order valence-electron chi connectivity index (χ4n) is 2.79. The fourth-order valence-corrected chi connectivity index (χ4v) is 2.79. The van der Waals surface area contributed by atoms with Gasteiger partial charge in [-0.15, -0.1) is 0 Å². The average Bonchev–Trinajstić information content (AvgIpc) is 2.61. The van der Waals surface area contributed by atoms with Crippen LogP contribution in [0, 0.1) is 11.9 Å². The zero-order chi connectivity index (χ0) is 19.8. The van der Waals surface area contributed by atoms with Crippen molar-refractivity contribution in [3.63, 3.8) is 0 Å². The summed E-state index contributed by atoms with van der Waals surface area (Å²) in [6.07, 6.45) is 0. The standard InChI is InChI=1S/C21H21F2N3O/c1-20(2,16-9-6-10-17(25-16)21(3,4)27)15-8-5-7-14(24-15)13-11-12-18(22)26-19(13)23/h5-12,27H,1-4H3. The van der Waals surface area contributed by atoms with Crippen molar-refractivity contribution in [1.29, 1.82) is 0 Å². The van der Waals surface area contributed by atoms with E-state index >= 15 is 0 Å². The van der Waals surface area contributed by atoms with Crippen molar-refractivity contribution in [2.75, 3.05) is 0 Å². The maximum Gasteiger partial charge on any atom is 0.224 e. The van der Waals surface area contributed by atoms with Crippen LogP contribution in [0.25, 0.3) is 11.3 Å². The zero-order valence-corrected chi connectivity index (χ0v) is 15.7. The largest absolute Gasteiger partial charge is 0.384 e. The molecule has 0 atom stereocenters. The van der Waals surface area contributed by atoms with E-state index in [1.165, 1.54) is 6.07 Å². The number of aromatic nitrogens is 3. The molecule has 0 saturated carbocycles. The van der Waals surface area contributed by atoms with Crippen LogP contribution in [0.3, 0.4) is 0 Å². The summed E-state index contributed by atoms with van der Waals surface area (Å²) in [6, 6.07) is 13.1. The molecule has 0 fully saturated rings. The molecule has 140 valence electrons. The van der Waals surface area contributed by atoms with E-state index < -0.39 is 22.9 Å². The molecule has 0 bridgehead atoms. The first kappa shape index (κ1) is 19.0. The van der Waals surface area contributed by atoms with Crippen LogP contribution >= 0.6 is 0 Å². The van der Waals surface area contributed by atoms with Crippen LogP contribution in [-0.2, 0) is 11.0 Å². The summed E-state index contributed by atoms with van der Waals surface area (Å²) in [7, 11) is 0. The number of hydrogen-bond acceptors (Lipinski definition) is 4. The maximum absolute atomic E-state index is 14.0. The number of rotatable bonds is 4. The third kappa shape index (κ3) is 3.85. The van der Waals surface area contributed by atoms with Crippen LogP contribution in [0.15, 0.2) is 48.5 Å². The summed E-state index contributed by atoms with van der Waals surface area (Å²) in [5.74, 6) is -1.78. The molecule has 3 aromatic rings. The van der Waals surface area contributed by atoms with Crippen molar-refractivity contribution in [1.82, 2.24) is 15.0 Å². The van der Waals surface area contributed by atoms with Crippen LogP contribution in [0.2, 0.25) is 0 Å². The van der Waals surface area contributed by atoms with Crippen LogP contribution in [0.5, 0.6) is 0 Å². The Morgan fingerprint density at radius 1 is 0.741 bits per heavy atom. The van der Waals surface area contributed by atoms with E-state index in [9.17, 15) is 13.9 Å². The first-order valence-corrected chi connectivity index (χ1v) is 8.59.